The summed E-state index contributed by atoms with van der Waals surface area (Å²) in [6.45, 7) is 1.91. The second kappa shape index (κ2) is 4.72. The van der Waals surface area contributed by atoms with Crippen LogP contribution >= 0.6 is 35.0 Å². The number of hydrogen-bond acceptors (Lipinski definition) is 4. The van der Waals surface area contributed by atoms with Crippen LogP contribution in [0.5, 0.6) is 0 Å². The van der Waals surface area contributed by atoms with E-state index in [1.807, 2.05) is 24.6 Å². The van der Waals surface area contributed by atoms with Gasteiger partial charge in [-0.2, -0.15) is 0 Å². The molecule has 0 amide bonds. The molecule has 4 nitrogen and oxygen atoms in total. The third-order valence-electron chi connectivity index (χ3n) is 3.30. The minimum atomic E-state index is -0.532. The molecule has 1 aliphatic carbocycles. The first-order valence-electron chi connectivity index (χ1n) is 5.93. The number of thioether (sulfide) groups is 1. The summed E-state index contributed by atoms with van der Waals surface area (Å²) in [7, 11) is 1.95. The Morgan fingerprint density at radius 1 is 1.53 bits per heavy atom. The van der Waals surface area contributed by atoms with Gasteiger partial charge in [0, 0.05) is 18.7 Å². The number of halogens is 2. The van der Waals surface area contributed by atoms with Crippen molar-refractivity contribution in [1.29, 1.82) is 0 Å². The molecule has 19 heavy (non-hydrogen) atoms. The van der Waals surface area contributed by atoms with Crippen LogP contribution in [0, 0.1) is 12.8 Å². The lowest BCUT2D eigenvalue weighted by Gasteiger charge is -2.03. The Kier molecular flexibility index (Phi) is 3.31. The molecular weight excluding hydrogens is 305 g/mol. The molecule has 0 aromatic carbocycles. The van der Waals surface area contributed by atoms with Crippen LogP contribution in [0.25, 0.3) is 11.4 Å². The van der Waals surface area contributed by atoms with E-state index in [4.69, 9.17) is 27.6 Å². The van der Waals surface area contributed by atoms with Crippen molar-refractivity contribution >= 4 is 35.0 Å². The molecule has 3 rings (SSSR count). The predicted molar refractivity (Wildman–Crippen MR) is 76.7 cm³/mol. The molecule has 1 fully saturated rings. The maximum absolute atomic E-state index is 6.02. The number of furan rings is 1. The van der Waals surface area contributed by atoms with Crippen molar-refractivity contribution in [3.05, 3.63) is 18.1 Å². The third kappa shape index (κ3) is 2.51. The molecule has 0 bridgehead atoms. The van der Waals surface area contributed by atoms with Crippen LogP contribution in [0.15, 0.2) is 21.9 Å². The standard InChI is InChI=1S/C12H13Cl2N3OS/c1-7-9(3-4-18-7)10-15-16-11(17(10)2)19-6-8-5-12(8,13)14/h3-4,8H,5-6H2,1-2H3/t8-/m0/s1. The first kappa shape index (κ1) is 13.3. The zero-order chi connectivity index (χ0) is 13.6. The lowest BCUT2D eigenvalue weighted by atomic mass is 10.2. The second-order valence-corrected chi connectivity index (χ2v) is 7.26. The Bertz CT molecular complexity index is 608. The highest BCUT2D eigenvalue weighted by atomic mass is 35.5. The van der Waals surface area contributed by atoms with Crippen LogP contribution in [0.3, 0.4) is 0 Å². The van der Waals surface area contributed by atoms with E-state index in [2.05, 4.69) is 10.2 Å². The maximum Gasteiger partial charge on any atom is 0.191 e. The van der Waals surface area contributed by atoms with Crippen molar-refractivity contribution in [3.8, 4) is 11.4 Å². The van der Waals surface area contributed by atoms with Crippen molar-refractivity contribution in [2.45, 2.75) is 22.8 Å². The zero-order valence-electron chi connectivity index (χ0n) is 10.6. The Morgan fingerprint density at radius 3 is 2.84 bits per heavy atom. The lowest BCUT2D eigenvalue weighted by Crippen LogP contribution is -1.98. The lowest BCUT2D eigenvalue weighted by molar-refractivity contribution is 0.534. The molecule has 0 saturated heterocycles. The van der Waals surface area contributed by atoms with Gasteiger partial charge < -0.3 is 8.98 Å². The Labute approximate surface area is 125 Å². The molecule has 0 radical (unpaired) electrons. The van der Waals surface area contributed by atoms with Gasteiger partial charge in [-0.1, -0.05) is 11.8 Å². The Hall–Kier alpha value is -0.650. The highest BCUT2D eigenvalue weighted by Gasteiger charge is 2.51. The van der Waals surface area contributed by atoms with Gasteiger partial charge >= 0.3 is 0 Å². The molecule has 1 aliphatic rings. The zero-order valence-corrected chi connectivity index (χ0v) is 12.9. The summed E-state index contributed by atoms with van der Waals surface area (Å²) in [6, 6.07) is 1.90. The van der Waals surface area contributed by atoms with E-state index >= 15 is 0 Å². The minimum Gasteiger partial charge on any atom is -0.469 e. The molecule has 102 valence electrons. The number of aryl methyl sites for hydroxylation is 1. The van der Waals surface area contributed by atoms with Crippen molar-refractivity contribution < 1.29 is 4.42 Å². The van der Waals surface area contributed by atoms with E-state index in [1.54, 1.807) is 18.0 Å². The molecule has 7 heteroatoms. The summed E-state index contributed by atoms with van der Waals surface area (Å²) in [4.78, 5) is 0. The normalized spacial score (nSPS) is 20.7. The van der Waals surface area contributed by atoms with Gasteiger partial charge in [0.05, 0.1) is 11.8 Å². The fourth-order valence-electron chi connectivity index (χ4n) is 1.92. The molecule has 1 saturated carbocycles. The van der Waals surface area contributed by atoms with Crippen molar-refractivity contribution in [2.75, 3.05) is 5.75 Å². The number of alkyl halides is 2. The molecule has 0 unspecified atom stereocenters. The van der Waals surface area contributed by atoms with Gasteiger partial charge in [0.2, 0.25) is 0 Å². The molecule has 2 aromatic rings. The highest BCUT2D eigenvalue weighted by Crippen LogP contribution is 2.54. The van der Waals surface area contributed by atoms with Gasteiger partial charge in [-0.3, -0.25) is 0 Å². The summed E-state index contributed by atoms with van der Waals surface area (Å²) < 4.78 is 6.73. The fourth-order valence-corrected chi connectivity index (χ4v) is 3.76. The smallest absolute Gasteiger partial charge is 0.191 e. The van der Waals surface area contributed by atoms with Crippen LogP contribution in [-0.2, 0) is 7.05 Å². The average molecular weight is 318 g/mol. The van der Waals surface area contributed by atoms with E-state index in [0.29, 0.717) is 5.92 Å². The van der Waals surface area contributed by atoms with E-state index < -0.39 is 4.33 Å². The molecular formula is C12H13Cl2N3OS. The largest absolute Gasteiger partial charge is 0.469 e. The minimum absolute atomic E-state index is 0.344. The van der Waals surface area contributed by atoms with E-state index in [0.717, 1.165) is 34.5 Å². The first-order chi connectivity index (χ1) is 8.99. The molecule has 0 aliphatic heterocycles. The van der Waals surface area contributed by atoms with E-state index in [9.17, 15) is 0 Å². The van der Waals surface area contributed by atoms with Gasteiger partial charge in [-0.05, 0) is 19.4 Å². The average Bonchev–Trinajstić information content (AvgIpc) is 2.69. The molecule has 2 heterocycles. The van der Waals surface area contributed by atoms with Gasteiger partial charge in [0.15, 0.2) is 11.0 Å². The topological polar surface area (TPSA) is 43.9 Å². The Morgan fingerprint density at radius 2 is 2.26 bits per heavy atom. The van der Waals surface area contributed by atoms with Crippen LogP contribution in [0.2, 0.25) is 0 Å². The monoisotopic (exact) mass is 317 g/mol. The van der Waals surface area contributed by atoms with Crippen LogP contribution in [0.1, 0.15) is 12.2 Å². The quantitative estimate of drug-likeness (QED) is 0.637. The van der Waals surface area contributed by atoms with Crippen LogP contribution < -0.4 is 0 Å². The van der Waals surface area contributed by atoms with Crippen molar-refractivity contribution in [1.82, 2.24) is 14.8 Å². The number of hydrogen-bond donors (Lipinski definition) is 0. The van der Waals surface area contributed by atoms with E-state index in [-0.39, 0.29) is 0 Å². The summed E-state index contributed by atoms with van der Waals surface area (Å²) >= 11 is 13.7. The molecule has 0 N–H and O–H groups in total. The van der Waals surface area contributed by atoms with Crippen LogP contribution in [0.4, 0.5) is 0 Å². The number of rotatable bonds is 4. The maximum atomic E-state index is 6.02. The Balaban J connectivity index is 1.74. The fraction of sp³-hybridized carbons (Fsp3) is 0.500. The number of nitrogens with zero attached hydrogens (tertiary/aromatic N) is 3. The molecule has 2 aromatic heterocycles. The van der Waals surface area contributed by atoms with Gasteiger partial charge in [-0.25, -0.2) is 0 Å². The van der Waals surface area contributed by atoms with Gasteiger partial charge in [0.1, 0.15) is 10.1 Å². The number of aromatic nitrogens is 3. The summed E-state index contributed by atoms with van der Waals surface area (Å²) in [5, 5.41) is 9.30. The summed E-state index contributed by atoms with van der Waals surface area (Å²) in [6.07, 6.45) is 2.51. The first-order valence-corrected chi connectivity index (χ1v) is 7.67. The van der Waals surface area contributed by atoms with Gasteiger partial charge in [-0.15, -0.1) is 33.4 Å². The second-order valence-electron chi connectivity index (χ2n) is 4.73. The van der Waals surface area contributed by atoms with E-state index in [1.165, 1.54) is 0 Å². The van der Waals surface area contributed by atoms with Crippen LogP contribution in [-0.4, -0.2) is 24.9 Å². The third-order valence-corrected chi connectivity index (χ3v) is 5.41. The highest BCUT2D eigenvalue weighted by molar-refractivity contribution is 7.99. The molecule has 1 atom stereocenters. The van der Waals surface area contributed by atoms with Crippen molar-refractivity contribution in [3.63, 3.8) is 0 Å². The predicted octanol–water partition coefficient (Wildman–Crippen LogP) is 3.67. The summed E-state index contributed by atoms with van der Waals surface area (Å²) in [5.41, 5.74) is 0.970. The van der Waals surface area contributed by atoms with Gasteiger partial charge in [0.25, 0.3) is 0 Å². The summed E-state index contributed by atoms with van der Waals surface area (Å²) in [5.74, 6) is 2.86. The SMILES string of the molecule is Cc1occc1-c1nnc(SC[C@@H]2CC2(Cl)Cl)n1C. The molecule has 0 spiro atoms. The van der Waals surface area contributed by atoms with Crippen molar-refractivity contribution in [2.24, 2.45) is 13.0 Å².